The highest BCUT2D eigenvalue weighted by molar-refractivity contribution is 7.92. The first-order chi connectivity index (χ1) is 11.2. The van der Waals surface area contributed by atoms with E-state index in [2.05, 4.69) is 10.3 Å². The quantitative estimate of drug-likeness (QED) is 0.899. The Labute approximate surface area is 142 Å². The fourth-order valence-electron chi connectivity index (χ4n) is 1.98. The summed E-state index contributed by atoms with van der Waals surface area (Å²) < 4.78 is 24.2. The van der Waals surface area contributed by atoms with Crippen molar-refractivity contribution in [3.63, 3.8) is 0 Å². The molecule has 0 aliphatic carbocycles. The van der Waals surface area contributed by atoms with E-state index >= 15 is 0 Å². The summed E-state index contributed by atoms with van der Waals surface area (Å²) in [4.78, 5) is 18.5. The lowest BCUT2D eigenvalue weighted by molar-refractivity contribution is 0.102. The number of sulfone groups is 1. The highest BCUT2D eigenvalue weighted by Gasteiger charge is 2.19. The van der Waals surface area contributed by atoms with Crippen LogP contribution in [0.4, 0.5) is 11.5 Å². The Hall–Kier alpha value is -2.41. The molecule has 1 N–H and O–H groups in total. The molecule has 1 aromatic heterocycles. The van der Waals surface area contributed by atoms with Gasteiger partial charge in [-0.05, 0) is 50.2 Å². The molecule has 0 fully saturated rings. The molecule has 1 heterocycles. The Morgan fingerprint density at radius 3 is 2.17 bits per heavy atom. The van der Waals surface area contributed by atoms with Gasteiger partial charge < -0.3 is 10.2 Å². The number of hydrogen-bond acceptors (Lipinski definition) is 5. The molecule has 0 saturated carbocycles. The van der Waals surface area contributed by atoms with Crippen molar-refractivity contribution in [3.05, 3.63) is 48.2 Å². The van der Waals surface area contributed by atoms with Crippen LogP contribution in [0.5, 0.6) is 0 Å². The van der Waals surface area contributed by atoms with Crippen molar-refractivity contribution in [2.45, 2.75) is 24.0 Å². The standard InChI is InChI=1S/C17H21N3O3S/c1-12(2)24(22,23)15-8-5-13(6-9-15)17(21)19-16-10-7-14(11-18-16)20(3)4/h5-12H,1-4H3,(H,18,19,21). The Morgan fingerprint density at radius 2 is 1.71 bits per heavy atom. The Balaban J connectivity index is 2.13. The van der Waals surface area contributed by atoms with Gasteiger partial charge in [-0.25, -0.2) is 13.4 Å². The van der Waals surface area contributed by atoms with Crippen LogP contribution in [0.25, 0.3) is 0 Å². The molecular weight excluding hydrogens is 326 g/mol. The van der Waals surface area contributed by atoms with Gasteiger partial charge in [-0.15, -0.1) is 0 Å². The van der Waals surface area contributed by atoms with Gasteiger partial charge in [-0.1, -0.05) is 0 Å². The SMILES string of the molecule is CC(C)S(=O)(=O)c1ccc(C(=O)Nc2ccc(N(C)C)cn2)cc1. The molecule has 7 heteroatoms. The fourth-order valence-corrected chi connectivity index (χ4v) is 3.04. The molecule has 0 aliphatic heterocycles. The highest BCUT2D eigenvalue weighted by atomic mass is 32.2. The number of amides is 1. The molecular formula is C17H21N3O3S. The zero-order chi connectivity index (χ0) is 17.9. The molecule has 2 aromatic rings. The van der Waals surface area contributed by atoms with E-state index in [1.54, 1.807) is 26.1 Å². The average molecular weight is 347 g/mol. The minimum atomic E-state index is -3.34. The van der Waals surface area contributed by atoms with E-state index in [-0.39, 0.29) is 10.8 Å². The molecule has 128 valence electrons. The first-order valence-corrected chi connectivity index (χ1v) is 9.05. The summed E-state index contributed by atoms with van der Waals surface area (Å²) in [6.45, 7) is 3.25. The van der Waals surface area contributed by atoms with Crippen molar-refractivity contribution in [3.8, 4) is 0 Å². The van der Waals surface area contributed by atoms with Gasteiger partial charge in [0.1, 0.15) is 5.82 Å². The van der Waals surface area contributed by atoms with Gasteiger partial charge in [-0.3, -0.25) is 4.79 Å². The smallest absolute Gasteiger partial charge is 0.256 e. The topological polar surface area (TPSA) is 79.4 Å². The van der Waals surface area contributed by atoms with Crippen LogP contribution in [-0.4, -0.2) is 38.7 Å². The molecule has 6 nitrogen and oxygen atoms in total. The number of hydrogen-bond donors (Lipinski definition) is 1. The fraction of sp³-hybridized carbons (Fsp3) is 0.294. The van der Waals surface area contributed by atoms with Gasteiger partial charge in [0.2, 0.25) is 0 Å². The Morgan fingerprint density at radius 1 is 1.08 bits per heavy atom. The second-order valence-corrected chi connectivity index (χ2v) is 8.37. The van der Waals surface area contributed by atoms with Crippen LogP contribution in [0.3, 0.4) is 0 Å². The number of nitrogens with zero attached hydrogens (tertiary/aromatic N) is 2. The monoisotopic (exact) mass is 347 g/mol. The number of rotatable bonds is 5. The van der Waals surface area contributed by atoms with Crippen molar-refractivity contribution in [1.29, 1.82) is 0 Å². The largest absolute Gasteiger partial charge is 0.376 e. The maximum Gasteiger partial charge on any atom is 0.256 e. The summed E-state index contributed by atoms with van der Waals surface area (Å²) in [6.07, 6.45) is 1.66. The number of anilines is 2. The molecule has 0 aliphatic rings. The summed E-state index contributed by atoms with van der Waals surface area (Å²) in [7, 11) is 0.470. The maximum absolute atomic E-state index is 12.2. The third-order valence-corrected chi connectivity index (χ3v) is 5.74. The predicted molar refractivity (Wildman–Crippen MR) is 95.3 cm³/mol. The van der Waals surface area contributed by atoms with Gasteiger partial charge in [-0.2, -0.15) is 0 Å². The number of aromatic nitrogens is 1. The summed E-state index contributed by atoms with van der Waals surface area (Å²) in [5.74, 6) is 0.0954. The van der Waals surface area contributed by atoms with Crippen molar-refractivity contribution < 1.29 is 13.2 Å². The summed E-state index contributed by atoms with van der Waals surface area (Å²) >= 11 is 0. The van der Waals surface area contributed by atoms with Crippen LogP contribution in [0.15, 0.2) is 47.5 Å². The van der Waals surface area contributed by atoms with Crippen LogP contribution < -0.4 is 10.2 Å². The molecule has 1 amide bonds. The van der Waals surface area contributed by atoms with E-state index in [1.165, 1.54) is 24.3 Å². The van der Waals surface area contributed by atoms with Gasteiger partial charge in [0.15, 0.2) is 9.84 Å². The predicted octanol–water partition coefficient (Wildman–Crippen LogP) is 2.58. The number of carbonyl (C=O) groups excluding carboxylic acids is 1. The van der Waals surface area contributed by atoms with Crippen LogP contribution in [0.1, 0.15) is 24.2 Å². The zero-order valence-electron chi connectivity index (χ0n) is 14.1. The van der Waals surface area contributed by atoms with Gasteiger partial charge in [0.05, 0.1) is 22.0 Å². The molecule has 2 rings (SSSR count). The number of benzene rings is 1. The van der Waals surface area contributed by atoms with Crippen molar-refractivity contribution >= 4 is 27.2 Å². The number of pyridine rings is 1. The van der Waals surface area contributed by atoms with Crippen LogP contribution in [0, 0.1) is 0 Å². The molecule has 0 bridgehead atoms. The van der Waals surface area contributed by atoms with Crippen molar-refractivity contribution in [2.75, 3.05) is 24.3 Å². The molecule has 1 aromatic carbocycles. The molecule has 24 heavy (non-hydrogen) atoms. The van der Waals surface area contributed by atoms with E-state index in [0.29, 0.717) is 11.4 Å². The molecule has 0 radical (unpaired) electrons. The zero-order valence-corrected chi connectivity index (χ0v) is 15.0. The number of nitrogens with one attached hydrogen (secondary N) is 1. The van der Waals surface area contributed by atoms with E-state index < -0.39 is 15.1 Å². The van der Waals surface area contributed by atoms with Gasteiger partial charge >= 0.3 is 0 Å². The minimum absolute atomic E-state index is 0.211. The Bertz CT molecular complexity index is 811. The normalized spacial score (nSPS) is 11.4. The van der Waals surface area contributed by atoms with Crippen LogP contribution >= 0.6 is 0 Å². The van der Waals surface area contributed by atoms with Gasteiger partial charge in [0, 0.05) is 19.7 Å². The summed E-state index contributed by atoms with van der Waals surface area (Å²) in [5, 5.41) is 2.18. The molecule has 0 spiro atoms. The van der Waals surface area contributed by atoms with Crippen LogP contribution in [0.2, 0.25) is 0 Å². The molecule has 0 atom stereocenters. The lowest BCUT2D eigenvalue weighted by Crippen LogP contribution is -2.16. The summed E-state index contributed by atoms with van der Waals surface area (Å²) in [5.41, 5.74) is 1.30. The number of carbonyl (C=O) groups is 1. The third kappa shape index (κ3) is 3.91. The van der Waals surface area contributed by atoms with Crippen molar-refractivity contribution in [2.24, 2.45) is 0 Å². The first-order valence-electron chi connectivity index (χ1n) is 7.50. The summed E-state index contributed by atoms with van der Waals surface area (Å²) in [6, 6.07) is 9.46. The van der Waals surface area contributed by atoms with Crippen molar-refractivity contribution in [1.82, 2.24) is 4.98 Å². The average Bonchev–Trinajstić information content (AvgIpc) is 2.55. The lowest BCUT2D eigenvalue weighted by Gasteiger charge is -2.12. The third-order valence-electron chi connectivity index (χ3n) is 3.57. The lowest BCUT2D eigenvalue weighted by atomic mass is 10.2. The Kier molecular flexibility index (Phi) is 5.23. The molecule has 0 saturated heterocycles. The second-order valence-electron chi connectivity index (χ2n) is 5.87. The van der Waals surface area contributed by atoms with E-state index in [9.17, 15) is 13.2 Å². The van der Waals surface area contributed by atoms with E-state index in [4.69, 9.17) is 0 Å². The second kappa shape index (κ2) is 7.00. The maximum atomic E-state index is 12.2. The minimum Gasteiger partial charge on any atom is -0.376 e. The highest BCUT2D eigenvalue weighted by Crippen LogP contribution is 2.17. The van der Waals surface area contributed by atoms with Crippen LogP contribution in [-0.2, 0) is 9.84 Å². The molecule has 0 unspecified atom stereocenters. The van der Waals surface area contributed by atoms with E-state index in [1.807, 2.05) is 25.1 Å². The van der Waals surface area contributed by atoms with Gasteiger partial charge in [0.25, 0.3) is 5.91 Å². The van der Waals surface area contributed by atoms with E-state index in [0.717, 1.165) is 5.69 Å². The first kappa shape index (κ1) is 17.9.